The van der Waals surface area contributed by atoms with Crippen molar-refractivity contribution in [3.8, 4) is 0 Å². The fourth-order valence-corrected chi connectivity index (χ4v) is 2.55. The molecule has 0 radical (unpaired) electrons. The van der Waals surface area contributed by atoms with Crippen LogP contribution < -0.4 is 0 Å². The van der Waals surface area contributed by atoms with Crippen molar-refractivity contribution in [3.63, 3.8) is 0 Å². The molecule has 0 aliphatic heterocycles. The molecule has 0 rings (SSSR count). The maximum atomic E-state index is 11.1. The minimum Gasteiger partial charge on any atom is -1.00 e. The van der Waals surface area contributed by atoms with E-state index in [-0.39, 0.29) is 51.8 Å². The van der Waals surface area contributed by atoms with Crippen molar-refractivity contribution >= 4 is 58.0 Å². The quantitative estimate of drug-likeness (QED) is 0.119. The van der Waals surface area contributed by atoms with E-state index in [1.54, 1.807) is 0 Å². The zero-order valence-corrected chi connectivity index (χ0v) is 19.5. The van der Waals surface area contributed by atoms with E-state index in [1.165, 1.54) is 71.1 Å². The summed E-state index contributed by atoms with van der Waals surface area (Å²) in [4.78, 5) is 21.7. The van der Waals surface area contributed by atoms with E-state index in [4.69, 9.17) is 0 Å². The van der Waals surface area contributed by atoms with Crippen molar-refractivity contribution in [2.24, 2.45) is 0 Å². The Balaban J connectivity index is -0.000000161. The van der Waals surface area contributed by atoms with Gasteiger partial charge in [0.15, 0.2) is 0 Å². The molecular formula is C20H40Mg2O3. The van der Waals surface area contributed by atoms with E-state index < -0.39 is 11.9 Å². The maximum absolute atomic E-state index is 11.1. The van der Waals surface area contributed by atoms with Crippen LogP contribution in [0.15, 0.2) is 12.2 Å². The fourth-order valence-electron chi connectivity index (χ4n) is 2.55. The van der Waals surface area contributed by atoms with Gasteiger partial charge in [-0.2, -0.15) is 0 Å². The first-order chi connectivity index (χ1) is 11.2. The maximum Gasteiger partial charge on any atom is 2.00 e. The van der Waals surface area contributed by atoms with E-state index >= 15 is 0 Å². The van der Waals surface area contributed by atoms with Crippen molar-refractivity contribution in [1.29, 1.82) is 0 Å². The number of hydrogen-bond donors (Lipinski definition) is 0. The topological polar surface area (TPSA) is 43.4 Å². The standard InChI is InChI=1S/C20H36O3.2Mg.4H/c1-3-4-5-6-7-8-9-10-11-12-13-14-15-16-17-18-20(22)23-19(2)21;;;;;;/h10-11H,3-9,12-18H2,1-2H3;;;;;;/q;2*+2;4*-1/b11-10-;;;;;;. The van der Waals surface area contributed by atoms with Gasteiger partial charge in [-0.15, -0.1) is 0 Å². The summed E-state index contributed by atoms with van der Waals surface area (Å²) < 4.78 is 4.48. The second-order valence-electron chi connectivity index (χ2n) is 6.30. The molecule has 0 aromatic rings. The van der Waals surface area contributed by atoms with Gasteiger partial charge in [0.25, 0.3) is 0 Å². The molecule has 0 aliphatic carbocycles. The third-order valence-electron chi connectivity index (χ3n) is 3.90. The van der Waals surface area contributed by atoms with Crippen LogP contribution in [0.1, 0.15) is 109 Å². The predicted octanol–water partition coefficient (Wildman–Crippen LogP) is 5.80. The fraction of sp³-hybridized carbons (Fsp3) is 0.800. The van der Waals surface area contributed by atoms with Crippen LogP contribution in [0.5, 0.6) is 0 Å². The number of carbonyl (C=O) groups excluding carboxylic acids is 2. The molecule has 5 heteroatoms. The molecule has 0 bridgehead atoms. The summed E-state index contributed by atoms with van der Waals surface area (Å²) in [6.45, 7) is 3.52. The Hall–Kier alpha value is 0.412. The van der Waals surface area contributed by atoms with E-state index in [2.05, 4.69) is 23.8 Å². The van der Waals surface area contributed by atoms with Gasteiger partial charge in [0.05, 0.1) is 0 Å². The van der Waals surface area contributed by atoms with Crippen LogP contribution in [0.4, 0.5) is 0 Å². The number of rotatable bonds is 15. The number of hydrogen-bond acceptors (Lipinski definition) is 3. The monoisotopic (exact) mass is 376 g/mol. The molecule has 0 saturated carbocycles. The van der Waals surface area contributed by atoms with Crippen molar-refractivity contribution in [2.45, 2.75) is 104 Å². The number of esters is 2. The van der Waals surface area contributed by atoms with Gasteiger partial charge in [-0.1, -0.05) is 70.4 Å². The van der Waals surface area contributed by atoms with Crippen LogP contribution in [0.2, 0.25) is 0 Å². The van der Waals surface area contributed by atoms with Gasteiger partial charge >= 0.3 is 58.0 Å². The van der Waals surface area contributed by atoms with Gasteiger partial charge in [0.1, 0.15) is 0 Å². The Labute approximate surface area is 193 Å². The molecule has 0 N–H and O–H groups in total. The normalized spacial score (nSPS) is 10.2. The number of allylic oxidation sites excluding steroid dienone is 2. The van der Waals surface area contributed by atoms with Crippen LogP contribution in [-0.2, 0) is 14.3 Å². The smallest absolute Gasteiger partial charge is 1.00 e. The molecule has 0 aromatic carbocycles. The van der Waals surface area contributed by atoms with E-state index in [0.29, 0.717) is 6.42 Å². The minimum absolute atomic E-state index is 0. The van der Waals surface area contributed by atoms with Crippen molar-refractivity contribution in [2.75, 3.05) is 0 Å². The molecule has 0 spiro atoms. The Morgan fingerprint density at radius 3 is 1.68 bits per heavy atom. The molecule has 142 valence electrons. The zero-order chi connectivity index (χ0) is 17.2. The number of carbonyl (C=O) groups is 2. The first-order valence-corrected chi connectivity index (χ1v) is 9.53. The van der Waals surface area contributed by atoms with E-state index in [1.807, 2.05) is 0 Å². The SMILES string of the molecule is CCCCCCCC/C=C\CCCCCCCC(=O)OC(C)=O.[H-].[H-].[H-].[H-].[Mg+2].[Mg+2]. The molecule has 3 nitrogen and oxygen atoms in total. The van der Waals surface area contributed by atoms with E-state index in [0.717, 1.165) is 19.3 Å². The Kier molecular flexibility index (Phi) is 29.4. The predicted molar refractivity (Wildman–Crippen MR) is 112 cm³/mol. The summed E-state index contributed by atoms with van der Waals surface area (Å²) in [6.07, 6.45) is 21.0. The van der Waals surface area contributed by atoms with Gasteiger partial charge in [-0.25, -0.2) is 0 Å². The second kappa shape index (κ2) is 24.4. The minimum atomic E-state index is -0.511. The molecule has 0 atom stereocenters. The van der Waals surface area contributed by atoms with Crippen LogP contribution in [0.3, 0.4) is 0 Å². The summed E-state index contributed by atoms with van der Waals surface area (Å²) in [5.74, 6) is -0.905. The third-order valence-corrected chi connectivity index (χ3v) is 3.90. The second-order valence-corrected chi connectivity index (χ2v) is 6.30. The first-order valence-electron chi connectivity index (χ1n) is 9.53. The average Bonchev–Trinajstić information content (AvgIpc) is 2.50. The van der Waals surface area contributed by atoms with Crippen LogP contribution >= 0.6 is 0 Å². The van der Waals surface area contributed by atoms with Crippen molar-refractivity contribution < 1.29 is 20.0 Å². The number of unbranched alkanes of at least 4 members (excludes halogenated alkanes) is 11. The molecule has 0 fully saturated rings. The third kappa shape index (κ3) is 26.7. The van der Waals surface area contributed by atoms with Crippen LogP contribution in [0.25, 0.3) is 0 Å². The van der Waals surface area contributed by atoms with Crippen molar-refractivity contribution in [1.82, 2.24) is 0 Å². The van der Waals surface area contributed by atoms with Gasteiger partial charge in [-0.05, 0) is 32.1 Å². The Morgan fingerprint density at radius 2 is 1.20 bits per heavy atom. The molecule has 0 aromatic heterocycles. The first kappa shape index (κ1) is 30.2. The Bertz CT molecular complexity index is 348. The molecule has 0 saturated heterocycles. The summed E-state index contributed by atoms with van der Waals surface area (Å²) >= 11 is 0. The van der Waals surface area contributed by atoms with Crippen molar-refractivity contribution in [3.05, 3.63) is 12.2 Å². The van der Waals surface area contributed by atoms with Crippen LogP contribution in [0, 0.1) is 0 Å². The molecular weight excluding hydrogens is 337 g/mol. The summed E-state index contributed by atoms with van der Waals surface area (Å²) in [5.41, 5.74) is 0. The molecule has 0 heterocycles. The summed E-state index contributed by atoms with van der Waals surface area (Å²) in [5, 5.41) is 0. The Morgan fingerprint density at radius 1 is 0.760 bits per heavy atom. The molecule has 25 heavy (non-hydrogen) atoms. The van der Waals surface area contributed by atoms with E-state index in [9.17, 15) is 9.59 Å². The molecule has 0 unspecified atom stereocenters. The van der Waals surface area contributed by atoms with Gasteiger partial charge in [0, 0.05) is 13.3 Å². The van der Waals surface area contributed by atoms with Gasteiger partial charge in [-0.3, -0.25) is 9.59 Å². The molecule has 0 aliphatic rings. The zero-order valence-electron chi connectivity index (χ0n) is 20.7. The van der Waals surface area contributed by atoms with Gasteiger partial charge in [0.2, 0.25) is 0 Å². The average molecular weight is 377 g/mol. The summed E-state index contributed by atoms with van der Waals surface area (Å²) in [6, 6.07) is 0. The van der Waals surface area contributed by atoms with Gasteiger partial charge < -0.3 is 10.4 Å². The number of ether oxygens (including phenoxy) is 1. The molecule has 0 amide bonds. The summed E-state index contributed by atoms with van der Waals surface area (Å²) in [7, 11) is 0. The van der Waals surface area contributed by atoms with Crippen LogP contribution in [-0.4, -0.2) is 58.0 Å². The largest absolute Gasteiger partial charge is 2.00 e.